The van der Waals surface area contributed by atoms with Crippen LogP contribution in [0.25, 0.3) is 0 Å². The second kappa shape index (κ2) is 6.86. The van der Waals surface area contributed by atoms with Crippen molar-refractivity contribution < 1.29 is 24.1 Å². The molecule has 0 radical (unpaired) electrons. The Labute approximate surface area is 106 Å². The summed E-state index contributed by atoms with van der Waals surface area (Å²) in [5.41, 5.74) is 0.743. The SMILES string of the molecule is COC(=O)CCOc1ccc([C@H](C)O)cc1OC. The maximum Gasteiger partial charge on any atom is 0.308 e. The number of aliphatic hydroxyl groups is 1. The van der Waals surface area contributed by atoms with Gasteiger partial charge in [0.1, 0.15) is 0 Å². The predicted molar refractivity (Wildman–Crippen MR) is 65.8 cm³/mol. The fourth-order valence-corrected chi connectivity index (χ4v) is 1.41. The summed E-state index contributed by atoms with van der Waals surface area (Å²) in [5, 5.41) is 9.46. The molecule has 0 amide bonds. The summed E-state index contributed by atoms with van der Waals surface area (Å²) in [5.74, 6) is 0.735. The Morgan fingerprint density at radius 3 is 2.61 bits per heavy atom. The van der Waals surface area contributed by atoms with Crippen LogP contribution in [0.1, 0.15) is 25.0 Å². The minimum absolute atomic E-state index is 0.178. The Balaban J connectivity index is 2.68. The van der Waals surface area contributed by atoms with Crippen LogP contribution in [0, 0.1) is 0 Å². The molecule has 0 aromatic heterocycles. The van der Waals surface area contributed by atoms with Crippen LogP contribution in [0.4, 0.5) is 0 Å². The van der Waals surface area contributed by atoms with Crippen molar-refractivity contribution in [3.8, 4) is 11.5 Å². The number of ether oxygens (including phenoxy) is 3. The highest BCUT2D eigenvalue weighted by Gasteiger charge is 2.09. The molecule has 1 N–H and O–H groups in total. The van der Waals surface area contributed by atoms with Gasteiger partial charge in [-0.05, 0) is 24.6 Å². The third-order valence-electron chi connectivity index (χ3n) is 2.46. The molecule has 0 heterocycles. The first-order chi connectivity index (χ1) is 8.58. The molecule has 18 heavy (non-hydrogen) atoms. The largest absolute Gasteiger partial charge is 0.493 e. The number of benzene rings is 1. The van der Waals surface area contributed by atoms with E-state index in [9.17, 15) is 9.90 Å². The molecular weight excluding hydrogens is 236 g/mol. The number of carbonyl (C=O) groups excluding carboxylic acids is 1. The lowest BCUT2D eigenvalue weighted by Gasteiger charge is -2.12. The van der Waals surface area contributed by atoms with Crippen molar-refractivity contribution in [3.05, 3.63) is 23.8 Å². The number of aliphatic hydroxyl groups excluding tert-OH is 1. The van der Waals surface area contributed by atoms with Gasteiger partial charge in [-0.3, -0.25) is 4.79 Å². The van der Waals surface area contributed by atoms with Gasteiger partial charge in [0.2, 0.25) is 0 Å². The molecule has 1 aromatic carbocycles. The molecule has 0 aliphatic heterocycles. The summed E-state index contributed by atoms with van der Waals surface area (Å²) in [6.07, 6.45) is -0.388. The van der Waals surface area contributed by atoms with Crippen molar-refractivity contribution in [1.82, 2.24) is 0 Å². The van der Waals surface area contributed by atoms with E-state index < -0.39 is 6.10 Å². The van der Waals surface area contributed by atoms with Crippen LogP contribution in [0.15, 0.2) is 18.2 Å². The molecule has 5 nitrogen and oxygen atoms in total. The van der Waals surface area contributed by atoms with E-state index in [2.05, 4.69) is 4.74 Å². The lowest BCUT2D eigenvalue weighted by atomic mass is 10.1. The van der Waals surface area contributed by atoms with E-state index in [0.29, 0.717) is 11.5 Å². The van der Waals surface area contributed by atoms with Crippen molar-refractivity contribution in [2.75, 3.05) is 20.8 Å². The molecule has 100 valence electrons. The minimum Gasteiger partial charge on any atom is -0.493 e. The summed E-state index contributed by atoms with van der Waals surface area (Å²) in [7, 11) is 2.86. The van der Waals surface area contributed by atoms with E-state index in [0.717, 1.165) is 5.56 Å². The fourth-order valence-electron chi connectivity index (χ4n) is 1.41. The number of carbonyl (C=O) groups is 1. The third kappa shape index (κ3) is 3.92. The second-order valence-electron chi connectivity index (χ2n) is 3.76. The molecule has 1 aromatic rings. The van der Waals surface area contributed by atoms with E-state index in [1.807, 2.05) is 0 Å². The maximum atomic E-state index is 10.9. The zero-order valence-corrected chi connectivity index (χ0v) is 10.8. The number of hydrogen-bond donors (Lipinski definition) is 1. The summed E-state index contributed by atoms with van der Waals surface area (Å²) in [6, 6.07) is 5.16. The molecule has 0 fully saturated rings. The Hall–Kier alpha value is -1.75. The van der Waals surface area contributed by atoms with Gasteiger partial charge < -0.3 is 19.3 Å². The van der Waals surface area contributed by atoms with E-state index in [1.165, 1.54) is 14.2 Å². The van der Waals surface area contributed by atoms with Crippen molar-refractivity contribution in [3.63, 3.8) is 0 Å². The van der Waals surface area contributed by atoms with Crippen LogP contribution in [-0.2, 0) is 9.53 Å². The van der Waals surface area contributed by atoms with Gasteiger partial charge in [0.05, 0.1) is 33.4 Å². The molecule has 0 unspecified atom stereocenters. The van der Waals surface area contributed by atoms with Crippen LogP contribution < -0.4 is 9.47 Å². The Morgan fingerprint density at radius 1 is 1.33 bits per heavy atom. The molecule has 1 atom stereocenters. The summed E-state index contributed by atoms with van der Waals surface area (Å²) in [4.78, 5) is 10.9. The van der Waals surface area contributed by atoms with Crippen molar-refractivity contribution >= 4 is 5.97 Å². The highest BCUT2D eigenvalue weighted by Crippen LogP contribution is 2.30. The van der Waals surface area contributed by atoms with Gasteiger partial charge in [0, 0.05) is 0 Å². The number of hydrogen-bond acceptors (Lipinski definition) is 5. The van der Waals surface area contributed by atoms with Crippen LogP contribution in [0.2, 0.25) is 0 Å². The maximum absolute atomic E-state index is 10.9. The minimum atomic E-state index is -0.567. The van der Waals surface area contributed by atoms with Gasteiger partial charge in [-0.1, -0.05) is 6.07 Å². The molecule has 0 bridgehead atoms. The summed E-state index contributed by atoms with van der Waals surface area (Å²) in [6.45, 7) is 1.89. The second-order valence-corrected chi connectivity index (χ2v) is 3.76. The monoisotopic (exact) mass is 254 g/mol. The van der Waals surface area contributed by atoms with Crippen LogP contribution >= 0.6 is 0 Å². The quantitative estimate of drug-likeness (QED) is 0.782. The summed E-state index contributed by atoms with van der Waals surface area (Å²) >= 11 is 0. The van der Waals surface area contributed by atoms with Gasteiger partial charge in [-0.2, -0.15) is 0 Å². The van der Waals surface area contributed by atoms with Gasteiger partial charge in [-0.15, -0.1) is 0 Å². The van der Waals surface area contributed by atoms with Gasteiger partial charge in [-0.25, -0.2) is 0 Å². The molecule has 0 saturated heterocycles. The number of esters is 1. The highest BCUT2D eigenvalue weighted by atomic mass is 16.5. The average molecular weight is 254 g/mol. The van der Waals surface area contributed by atoms with Crippen molar-refractivity contribution in [2.24, 2.45) is 0 Å². The number of methoxy groups -OCH3 is 2. The summed E-state index contributed by atoms with van der Waals surface area (Å²) < 4.78 is 15.1. The third-order valence-corrected chi connectivity index (χ3v) is 2.46. The topological polar surface area (TPSA) is 65.0 Å². The molecule has 0 saturated carbocycles. The molecule has 0 aliphatic carbocycles. The predicted octanol–water partition coefficient (Wildman–Crippen LogP) is 1.69. The van der Waals surface area contributed by atoms with E-state index in [-0.39, 0.29) is 19.0 Å². The normalized spacial score (nSPS) is 11.8. The van der Waals surface area contributed by atoms with Crippen LogP contribution in [-0.4, -0.2) is 31.9 Å². The number of rotatable bonds is 6. The van der Waals surface area contributed by atoms with Gasteiger partial charge in [0.25, 0.3) is 0 Å². The van der Waals surface area contributed by atoms with Gasteiger partial charge in [0.15, 0.2) is 11.5 Å². The van der Waals surface area contributed by atoms with Crippen LogP contribution in [0.3, 0.4) is 0 Å². The van der Waals surface area contributed by atoms with Gasteiger partial charge >= 0.3 is 5.97 Å². The molecule has 1 rings (SSSR count). The van der Waals surface area contributed by atoms with E-state index >= 15 is 0 Å². The first-order valence-corrected chi connectivity index (χ1v) is 5.64. The molecule has 0 spiro atoms. The highest BCUT2D eigenvalue weighted by molar-refractivity contribution is 5.69. The molecule has 5 heteroatoms. The standard InChI is InChI=1S/C13H18O5/c1-9(14)10-4-5-11(12(8-10)16-2)18-7-6-13(15)17-3/h4-5,8-9,14H,6-7H2,1-3H3/t9-/m0/s1. The smallest absolute Gasteiger partial charge is 0.308 e. The van der Waals surface area contributed by atoms with Crippen molar-refractivity contribution in [2.45, 2.75) is 19.4 Å². The van der Waals surface area contributed by atoms with Crippen LogP contribution in [0.5, 0.6) is 11.5 Å². The first kappa shape index (κ1) is 14.3. The molecular formula is C13H18O5. The lowest BCUT2D eigenvalue weighted by Crippen LogP contribution is -2.08. The van der Waals surface area contributed by atoms with E-state index in [4.69, 9.17) is 9.47 Å². The Morgan fingerprint density at radius 2 is 2.06 bits per heavy atom. The lowest BCUT2D eigenvalue weighted by molar-refractivity contribution is -0.141. The average Bonchev–Trinajstić information content (AvgIpc) is 2.38. The fraction of sp³-hybridized carbons (Fsp3) is 0.462. The zero-order valence-electron chi connectivity index (χ0n) is 10.8. The van der Waals surface area contributed by atoms with E-state index in [1.54, 1.807) is 25.1 Å². The van der Waals surface area contributed by atoms with Crippen molar-refractivity contribution in [1.29, 1.82) is 0 Å². The Kier molecular flexibility index (Phi) is 5.45. The first-order valence-electron chi connectivity index (χ1n) is 5.64. The zero-order chi connectivity index (χ0) is 13.5. The Bertz CT molecular complexity index is 400. The molecule has 0 aliphatic rings.